The zero-order valence-corrected chi connectivity index (χ0v) is 24.3. The van der Waals surface area contributed by atoms with Crippen LogP contribution in [-0.2, 0) is 9.53 Å². The summed E-state index contributed by atoms with van der Waals surface area (Å²) in [6, 6.07) is 0. The number of ether oxygens (including phenoxy) is 1. The second-order valence-corrected chi connectivity index (χ2v) is 15.1. The maximum Gasteiger partial charge on any atom is 0.202 e. The van der Waals surface area contributed by atoms with E-state index in [4.69, 9.17) is 4.74 Å². The zero-order valence-electron chi connectivity index (χ0n) is 24.3. The summed E-state index contributed by atoms with van der Waals surface area (Å²) in [7, 11) is 1.74. The van der Waals surface area contributed by atoms with Gasteiger partial charge in [0.2, 0.25) is 5.78 Å². The Morgan fingerprint density at radius 3 is 2.22 bits per heavy atom. The predicted molar refractivity (Wildman–Crippen MR) is 142 cm³/mol. The Labute approximate surface area is 219 Å². The monoisotopic (exact) mass is 504 g/mol. The van der Waals surface area contributed by atoms with Gasteiger partial charge in [-0.15, -0.1) is 0 Å². The second kappa shape index (κ2) is 8.55. The lowest BCUT2D eigenvalue weighted by molar-refractivity contribution is -0.217. The molecule has 4 aliphatic carbocycles. The fraction of sp³-hybridized carbons (Fsp3) is 0.903. The molecule has 3 saturated carbocycles. The van der Waals surface area contributed by atoms with Gasteiger partial charge in [0.25, 0.3) is 0 Å². The van der Waals surface area contributed by atoms with Crippen molar-refractivity contribution in [3.63, 3.8) is 0 Å². The van der Waals surface area contributed by atoms with Crippen LogP contribution in [0.5, 0.6) is 0 Å². The Kier molecular flexibility index (Phi) is 6.67. The quantitative estimate of drug-likeness (QED) is 0.400. The van der Waals surface area contributed by atoms with Crippen LogP contribution in [0.25, 0.3) is 0 Å². The maximum absolute atomic E-state index is 12.9. The number of carbonyl (C=O) groups excluding carboxylic acids is 1. The molecule has 5 nitrogen and oxygen atoms in total. The third kappa shape index (κ3) is 3.85. The van der Waals surface area contributed by atoms with Crippen molar-refractivity contribution in [1.29, 1.82) is 0 Å². The van der Waals surface area contributed by atoms with E-state index >= 15 is 0 Å². The van der Waals surface area contributed by atoms with E-state index in [0.29, 0.717) is 12.8 Å². The summed E-state index contributed by atoms with van der Waals surface area (Å²) in [6.07, 6.45) is 8.35. The molecule has 0 heterocycles. The number of Topliss-reactive ketones (excluding diaryl/α,β-unsaturated/α-hetero) is 1. The number of hydrogen-bond donors (Lipinski definition) is 3. The Hall–Kier alpha value is -0.910. The normalized spacial score (nSPS) is 45.8. The molecule has 0 unspecified atom stereocenters. The van der Waals surface area contributed by atoms with Crippen molar-refractivity contribution in [2.45, 2.75) is 124 Å². The highest BCUT2D eigenvalue weighted by molar-refractivity contribution is 5.98. The van der Waals surface area contributed by atoms with Gasteiger partial charge >= 0.3 is 0 Å². The lowest BCUT2D eigenvalue weighted by atomic mass is 9.36. The number of methoxy groups -OCH3 is 1. The van der Waals surface area contributed by atoms with Crippen LogP contribution in [-0.4, -0.2) is 45.5 Å². The fourth-order valence-electron chi connectivity index (χ4n) is 10.1. The van der Waals surface area contributed by atoms with Gasteiger partial charge in [-0.1, -0.05) is 34.6 Å². The van der Waals surface area contributed by atoms with E-state index in [2.05, 4.69) is 34.6 Å². The largest absolute Gasteiger partial charge is 0.505 e. The van der Waals surface area contributed by atoms with Gasteiger partial charge in [-0.2, -0.15) is 0 Å². The van der Waals surface area contributed by atoms with Crippen LogP contribution in [0.3, 0.4) is 0 Å². The van der Waals surface area contributed by atoms with Crippen molar-refractivity contribution in [1.82, 2.24) is 0 Å². The molecule has 5 heteroatoms. The molecule has 36 heavy (non-hydrogen) atoms. The predicted octanol–water partition coefficient (Wildman–Crippen LogP) is 6.22. The van der Waals surface area contributed by atoms with Gasteiger partial charge in [-0.25, -0.2) is 0 Å². The topological polar surface area (TPSA) is 87.0 Å². The number of fused-ring (bicyclic) bond motifs is 5. The lowest BCUT2D eigenvalue weighted by Crippen LogP contribution is -2.65. The highest BCUT2D eigenvalue weighted by atomic mass is 16.5. The van der Waals surface area contributed by atoms with Crippen LogP contribution in [0.2, 0.25) is 0 Å². The summed E-state index contributed by atoms with van der Waals surface area (Å²) in [4.78, 5) is 12.9. The second-order valence-electron chi connectivity index (χ2n) is 15.1. The highest BCUT2D eigenvalue weighted by Crippen LogP contribution is 2.75. The van der Waals surface area contributed by atoms with Crippen LogP contribution >= 0.6 is 0 Å². The SMILES string of the molecule is COC(C)(C)CCC[C@@](C)(O)[C@H]1CC[C@]2(C)[C@@H]1[C@H](O)C[C@@H]1[C@@]3(C)C=C(O)C(=O)C(C)(C)[C@@H]3CC[C@]12C. The zero-order chi connectivity index (χ0) is 27.1. The van der Waals surface area contributed by atoms with E-state index in [9.17, 15) is 20.1 Å². The average molecular weight is 505 g/mol. The van der Waals surface area contributed by atoms with Crippen LogP contribution in [0, 0.1) is 45.3 Å². The van der Waals surface area contributed by atoms with Crippen molar-refractivity contribution >= 4 is 5.78 Å². The summed E-state index contributed by atoms with van der Waals surface area (Å²) in [5, 5.41) is 34.3. The molecule has 0 aromatic rings. The van der Waals surface area contributed by atoms with Crippen molar-refractivity contribution in [2.24, 2.45) is 45.3 Å². The number of ketones is 1. The van der Waals surface area contributed by atoms with Gasteiger partial charge in [0.1, 0.15) is 0 Å². The van der Waals surface area contributed by atoms with Crippen LogP contribution < -0.4 is 0 Å². The molecule has 0 aromatic carbocycles. The molecule has 0 amide bonds. The van der Waals surface area contributed by atoms with Crippen molar-refractivity contribution in [2.75, 3.05) is 7.11 Å². The molecule has 0 spiro atoms. The Morgan fingerprint density at radius 2 is 1.61 bits per heavy atom. The summed E-state index contributed by atoms with van der Waals surface area (Å²) in [5.74, 6) is 0.155. The lowest BCUT2D eigenvalue weighted by Gasteiger charge is -2.68. The van der Waals surface area contributed by atoms with E-state index in [0.717, 1.165) is 38.5 Å². The first-order chi connectivity index (χ1) is 16.4. The number of carbonyl (C=O) groups is 1. The number of rotatable bonds is 6. The number of allylic oxidation sites excluding steroid dienone is 2. The minimum atomic E-state index is -0.838. The number of hydrogen-bond acceptors (Lipinski definition) is 5. The van der Waals surface area contributed by atoms with Crippen molar-refractivity contribution < 1.29 is 24.9 Å². The molecule has 4 aliphatic rings. The Morgan fingerprint density at radius 1 is 1.00 bits per heavy atom. The molecule has 0 bridgehead atoms. The minimum absolute atomic E-state index is 0.0418. The first-order valence-electron chi connectivity index (χ1n) is 14.3. The van der Waals surface area contributed by atoms with E-state index in [1.807, 2.05) is 26.8 Å². The van der Waals surface area contributed by atoms with Crippen molar-refractivity contribution in [3.05, 3.63) is 11.8 Å². The molecule has 9 atom stereocenters. The highest BCUT2D eigenvalue weighted by Gasteiger charge is 2.71. The summed E-state index contributed by atoms with van der Waals surface area (Å²) in [5.41, 5.74) is -2.16. The standard InChI is InChI=1S/C31H52O5/c1-26(2,36-9)13-10-14-31(8,35)19-11-15-30(7)24(19)20(32)17-23-28(5)18-21(33)25(34)27(3,4)22(28)12-16-29(23,30)6/h18-20,22-24,32-33,35H,10-17H2,1-9H3/t19-,20+,22-,23+,24-,28-,29+,30+,31+/m0/s1. The van der Waals surface area contributed by atoms with E-state index < -0.39 is 17.1 Å². The van der Waals surface area contributed by atoms with Gasteiger partial charge in [-0.3, -0.25) is 4.79 Å². The minimum Gasteiger partial charge on any atom is -0.505 e. The Bertz CT molecular complexity index is 918. The first-order valence-corrected chi connectivity index (χ1v) is 14.3. The van der Waals surface area contributed by atoms with E-state index in [-0.39, 0.29) is 57.1 Å². The molecule has 0 aromatic heterocycles. The summed E-state index contributed by atoms with van der Waals surface area (Å²) >= 11 is 0. The molecule has 0 radical (unpaired) electrons. The maximum atomic E-state index is 12.9. The summed E-state index contributed by atoms with van der Waals surface area (Å²) < 4.78 is 5.59. The molecule has 0 saturated heterocycles. The number of aliphatic hydroxyl groups is 3. The molecule has 0 aliphatic heterocycles. The summed E-state index contributed by atoms with van der Waals surface area (Å²) in [6.45, 7) is 17.1. The van der Waals surface area contributed by atoms with Gasteiger partial charge in [0.15, 0.2) is 5.76 Å². The first kappa shape index (κ1) is 28.1. The Balaban J connectivity index is 1.65. The van der Waals surface area contributed by atoms with Crippen LogP contribution in [0.15, 0.2) is 11.8 Å². The van der Waals surface area contributed by atoms with Gasteiger partial charge < -0.3 is 20.1 Å². The van der Waals surface area contributed by atoms with Crippen LogP contribution in [0.4, 0.5) is 0 Å². The molecular weight excluding hydrogens is 452 g/mol. The molecule has 3 N–H and O–H groups in total. The average Bonchev–Trinajstić information content (AvgIpc) is 3.14. The molecule has 4 rings (SSSR count). The molecule has 3 fully saturated rings. The van der Waals surface area contributed by atoms with E-state index in [1.165, 1.54) is 0 Å². The molecule has 206 valence electrons. The van der Waals surface area contributed by atoms with Gasteiger partial charge in [0.05, 0.1) is 17.3 Å². The molecular formula is C31H52O5. The fourth-order valence-corrected chi connectivity index (χ4v) is 10.1. The van der Waals surface area contributed by atoms with Crippen LogP contribution in [0.1, 0.15) is 107 Å². The smallest absolute Gasteiger partial charge is 0.202 e. The van der Waals surface area contributed by atoms with Crippen molar-refractivity contribution in [3.8, 4) is 0 Å². The third-order valence-electron chi connectivity index (χ3n) is 12.5. The van der Waals surface area contributed by atoms with Gasteiger partial charge in [-0.05, 0) is 118 Å². The third-order valence-corrected chi connectivity index (χ3v) is 12.5. The number of aliphatic hydroxyl groups excluding tert-OH is 2. The van der Waals surface area contributed by atoms with Gasteiger partial charge in [0, 0.05) is 12.5 Å². The van der Waals surface area contributed by atoms with E-state index in [1.54, 1.807) is 7.11 Å².